The van der Waals surface area contributed by atoms with Crippen molar-refractivity contribution in [2.75, 3.05) is 45.0 Å². The Morgan fingerprint density at radius 3 is 1.63 bits per heavy atom. The van der Waals surface area contributed by atoms with Crippen molar-refractivity contribution in [3.63, 3.8) is 0 Å². The number of ether oxygens (including phenoxy) is 10. The molecule has 1 aromatic rings. The highest BCUT2D eigenvalue weighted by atomic mass is 32.2. The number of nitrogens with one attached hydrogen (secondary N) is 4. The van der Waals surface area contributed by atoms with Crippen LogP contribution >= 0.6 is 11.8 Å². The zero-order valence-corrected chi connectivity index (χ0v) is 60.9. The van der Waals surface area contributed by atoms with Crippen LogP contribution in [0.1, 0.15) is 130 Å². The number of amides is 4. The van der Waals surface area contributed by atoms with E-state index in [9.17, 15) is 124 Å². The Bertz CT molecular complexity index is 2910. The van der Waals surface area contributed by atoms with Crippen molar-refractivity contribution in [3.8, 4) is 0 Å². The molecular formula is C68H109F3N4O32S. The van der Waals surface area contributed by atoms with Crippen LogP contribution in [0.5, 0.6) is 0 Å². The first-order valence-electron chi connectivity index (χ1n) is 36.3. The first kappa shape index (κ1) is 92.3. The third-order valence-corrected chi connectivity index (χ3v) is 19.8. The van der Waals surface area contributed by atoms with Crippen LogP contribution in [-0.4, -0.2) is 333 Å². The second kappa shape index (κ2) is 44.8. The van der Waals surface area contributed by atoms with Gasteiger partial charge in [0.25, 0.3) is 5.79 Å². The van der Waals surface area contributed by atoms with Crippen LogP contribution < -0.4 is 21.3 Å². The Kier molecular flexibility index (Phi) is 38.2. The molecule has 5 aliphatic rings. The standard InChI is InChI=1S/C68H109F3N4O32S/c1-4-5-6-7-8-9-10-11-12-13-14-15-16-17-18-19-45(86)75-37(38(83)24-25-46(87)74-35-20-22-36(23-21-35)108-68(69,70)71)32-98-63-55(94)53(92)57(43(30-79)101-63)103-65-56(95)61(107-67(66(96)97)26-39(84)47(72-33(2)81)60(106-67)49(88)40(85)27-76)58(44(31-80)102-65)104-62-48(73-34(3)82)59(51(90)42(29-78)99-62)105-64-54(93)52(91)50(89)41(28-77)100-64/h20-25,37-44,47-65,76-80,83-85,88-95H,4-19,26-32H2,1-3H3,(H,72,81)(H,73,82)(H,74,87)(H,75,86)(H,96,97)/b25-24+/t37-,38+,39-,40+,41+,42+,43+,44+,47?,48+,49+,50-,51-,52-,53+,54+,55+,56+,57+,58-,59+,60?,61+,62-,63+,64-,65-,67-/m0/s1. The summed E-state index contributed by atoms with van der Waals surface area (Å²) >= 11 is -0.378. The van der Waals surface area contributed by atoms with Crippen molar-refractivity contribution in [2.24, 2.45) is 0 Å². The highest BCUT2D eigenvalue weighted by Crippen LogP contribution is 2.42. The van der Waals surface area contributed by atoms with Gasteiger partial charge < -0.3 is 155 Å². The van der Waals surface area contributed by atoms with Gasteiger partial charge in [0.05, 0.1) is 63.9 Å². The van der Waals surface area contributed by atoms with Crippen molar-refractivity contribution in [2.45, 2.75) is 311 Å². The highest BCUT2D eigenvalue weighted by Gasteiger charge is 2.62. The van der Waals surface area contributed by atoms with Gasteiger partial charge in [-0.1, -0.05) is 96.8 Å². The zero-order valence-electron chi connectivity index (χ0n) is 60.1. The van der Waals surface area contributed by atoms with E-state index in [0.717, 1.165) is 70.2 Å². The maximum atomic E-state index is 13.8. The minimum absolute atomic E-state index is 0.0415. The Hall–Kier alpha value is -4.59. The van der Waals surface area contributed by atoms with E-state index in [-0.39, 0.29) is 28.8 Å². The Labute approximate surface area is 625 Å². The van der Waals surface area contributed by atoms with Gasteiger partial charge in [-0.05, 0) is 48.5 Å². The summed E-state index contributed by atoms with van der Waals surface area (Å²) in [5.41, 5.74) is -4.51. The summed E-state index contributed by atoms with van der Waals surface area (Å²) in [4.78, 5) is 65.8. The summed E-state index contributed by atoms with van der Waals surface area (Å²) in [5, 5.41) is 198. The average Bonchev–Trinajstić information content (AvgIpc) is 0.747. The number of anilines is 1. The number of hydrogen-bond acceptors (Lipinski definition) is 32. The molecule has 21 N–H and O–H groups in total. The predicted molar refractivity (Wildman–Crippen MR) is 364 cm³/mol. The lowest BCUT2D eigenvalue weighted by Gasteiger charge is -2.52. The molecule has 5 saturated heterocycles. The van der Waals surface area contributed by atoms with Crippen molar-refractivity contribution in [1.29, 1.82) is 0 Å². The number of aliphatic carboxylic acids is 1. The number of carboxylic acid groups (broad SMARTS) is 1. The molecular weight excluding hydrogens is 1470 g/mol. The minimum Gasteiger partial charge on any atom is -0.477 e. The molecule has 620 valence electrons. The Morgan fingerprint density at radius 2 is 1.08 bits per heavy atom. The van der Waals surface area contributed by atoms with E-state index >= 15 is 0 Å². The first-order chi connectivity index (χ1) is 51.2. The minimum atomic E-state index is -4.58. The third kappa shape index (κ3) is 26.5. The maximum absolute atomic E-state index is 13.8. The van der Waals surface area contributed by atoms with Gasteiger partial charge >= 0.3 is 11.5 Å². The van der Waals surface area contributed by atoms with Gasteiger partial charge in [0.15, 0.2) is 25.2 Å². The lowest BCUT2D eigenvalue weighted by molar-refractivity contribution is -0.403. The van der Waals surface area contributed by atoms with Crippen LogP contribution in [0.15, 0.2) is 41.3 Å². The van der Waals surface area contributed by atoms with Crippen LogP contribution in [0.2, 0.25) is 0 Å². The summed E-state index contributed by atoms with van der Waals surface area (Å²) in [6.07, 6.45) is -35.0. The molecule has 108 heavy (non-hydrogen) atoms. The van der Waals surface area contributed by atoms with E-state index in [4.69, 9.17) is 47.4 Å². The number of carboxylic acids is 1. The molecule has 2 unspecified atom stereocenters. The molecule has 5 heterocycles. The largest absolute Gasteiger partial charge is 0.477 e. The number of thioether (sulfide) groups is 1. The number of carbonyl (C=O) groups excluding carboxylic acids is 4. The Morgan fingerprint density at radius 1 is 0.593 bits per heavy atom. The number of unbranched alkanes of at least 4 members (excludes halogenated alkanes) is 14. The third-order valence-electron chi connectivity index (χ3n) is 19.1. The van der Waals surface area contributed by atoms with E-state index in [1.165, 1.54) is 63.5 Å². The van der Waals surface area contributed by atoms with Gasteiger partial charge in [-0.3, -0.25) is 19.2 Å². The molecule has 36 nitrogen and oxygen atoms in total. The molecule has 0 radical (unpaired) electrons. The number of aliphatic hydroxyl groups excluding tert-OH is 16. The van der Waals surface area contributed by atoms with Crippen LogP contribution in [0.25, 0.3) is 0 Å². The van der Waals surface area contributed by atoms with Crippen molar-refractivity contribution >= 4 is 47.0 Å². The van der Waals surface area contributed by atoms with E-state index in [0.29, 0.717) is 12.8 Å². The van der Waals surface area contributed by atoms with E-state index in [1.54, 1.807) is 0 Å². The fraction of sp³-hybridized carbons (Fsp3) is 0.809. The van der Waals surface area contributed by atoms with Gasteiger partial charge in [-0.2, -0.15) is 13.2 Å². The normalized spacial score (nSPS) is 34.4. The summed E-state index contributed by atoms with van der Waals surface area (Å²) in [7, 11) is 0. The van der Waals surface area contributed by atoms with Crippen molar-refractivity contribution in [1.82, 2.24) is 16.0 Å². The molecule has 1 aromatic carbocycles. The molecule has 28 atom stereocenters. The Balaban J connectivity index is 1.26. The second-order valence-corrected chi connectivity index (χ2v) is 28.6. The molecule has 0 spiro atoms. The smallest absolute Gasteiger partial charge is 0.446 e. The van der Waals surface area contributed by atoms with Crippen LogP contribution in [0.3, 0.4) is 0 Å². The van der Waals surface area contributed by atoms with Gasteiger partial charge in [-0.25, -0.2) is 4.79 Å². The molecule has 5 aliphatic heterocycles. The number of halogens is 3. The maximum Gasteiger partial charge on any atom is 0.446 e. The average molecular weight is 1580 g/mol. The molecule has 0 aliphatic carbocycles. The molecule has 0 saturated carbocycles. The fourth-order valence-electron chi connectivity index (χ4n) is 13.3. The van der Waals surface area contributed by atoms with Crippen LogP contribution in [-0.2, 0) is 71.3 Å². The lowest BCUT2D eigenvalue weighted by atomic mass is 9.88. The van der Waals surface area contributed by atoms with Gasteiger partial charge in [0.2, 0.25) is 23.6 Å². The zero-order chi connectivity index (χ0) is 79.7. The summed E-state index contributed by atoms with van der Waals surface area (Å²) in [6, 6.07) is -0.607. The molecule has 0 bridgehead atoms. The van der Waals surface area contributed by atoms with E-state index < -0.39 is 252 Å². The van der Waals surface area contributed by atoms with Gasteiger partial charge in [0.1, 0.15) is 116 Å². The predicted octanol–water partition coefficient (Wildman–Crippen LogP) is -3.49. The summed E-state index contributed by atoms with van der Waals surface area (Å²) in [5.74, 6) is -8.97. The topological polar surface area (TPSA) is 570 Å². The SMILES string of the molecule is CCCCCCCCCCCCCCCCCC(=O)N[C@@H](CO[C@@H]1O[C@H](CO)[C@@H](O[C@@H]2O[C@H](CO)[C@H](O[C@@H]3O[C@H](CO)[C@H](O)[C@H](O[C@@H]4O[C@H](CO)[C@H](O)[C@H](O)[C@H]4O)[C@H]3NC(C)=O)[C@H](O[C@]3(C(=O)O)C[C@H](O)C(NC(C)=O)C([C@H](O)[C@H](O)CO)O3)[C@H]2O)[C@H](O)[C@H]1O)[C@H](O)/C=C/C(=O)Nc1ccc(SC(F)(F)F)cc1. The number of hydrogen-bond donors (Lipinski definition) is 21. The second-order valence-electron chi connectivity index (χ2n) is 27.4. The van der Waals surface area contributed by atoms with Crippen molar-refractivity contribution < 1.29 is 171 Å². The van der Waals surface area contributed by atoms with Crippen LogP contribution in [0.4, 0.5) is 18.9 Å². The van der Waals surface area contributed by atoms with Gasteiger partial charge in [0, 0.05) is 43.3 Å². The molecule has 5 fully saturated rings. The number of carbonyl (C=O) groups is 5. The summed E-state index contributed by atoms with van der Waals surface area (Å²) in [6.45, 7) is -2.52. The quantitative estimate of drug-likeness (QED) is 0.0171. The summed E-state index contributed by atoms with van der Waals surface area (Å²) < 4.78 is 98.3. The monoisotopic (exact) mass is 1580 g/mol. The van der Waals surface area contributed by atoms with E-state index in [1.807, 2.05) is 0 Å². The number of benzene rings is 1. The number of rotatable bonds is 43. The number of aliphatic hydroxyl groups is 16. The van der Waals surface area contributed by atoms with Crippen molar-refractivity contribution in [3.05, 3.63) is 36.4 Å². The molecule has 6 rings (SSSR count). The molecule has 4 amide bonds. The number of alkyl halides is 3. The molecule has 40 heteroatoms. The highest BCUT2D eigenvalue weighted by molar-refractivity contribution is 8.00. The fourth-order valence-corrected chi connectivity index (χ4v) is 13.8. The molecule has 0 aromatic heterocycles. The lowest BCUT2D eigenvalue weighted by Crippen LogP contribution is -2.72. The van der Waals surface area contributed by atoms with E-state index in [2.05, 4.69) is 28.2 Å². The van der Waals surface area contributed by atoms with Gasteiger partial charge in [-0.15, -0.1) is 0 Å². The van der Waals surface area contributed by atoms with Crippen LogP contribution in [0, 0.1) is 0 Å². The first-order valence-corrected chi connectivity index (χ1v) is 37.1.